The molecule has 0 aromatic carbocycles. The van der Waals surface area contributed by atoms with Crippen molar-refractivity contribution in [1.29, 1.82) is 0 Å². The average molecular weight is 166 g/mol. The lowest BCUT2D eigenvalue weighted by Gasteiger charge is -2.06. The van der Waals surface area contributed by atoms with Gasteiger partial charge in [0.2, 0.25) is 0 Å². The van der Waals surface area contributed by atoms with Crippen LogP contribution in [0.4, 0.5) is 5.82 Å². The maximum Gasteiger partial charge on any atom is 0.123 e. The molecule has 2 N–H and O–H groups in total. The number of rotatable bonds is 3. The van der Waals surface area contributed by atoms with Crippen LogP contribution in [0.2, 0.25) is 0 Å². The van der Waals surface area contributed by atoms with Crippen molar-refractivity contribution in [3.8, 4) is 0 Å². The predicted molar refractivity (Wildman–Crippen MR) is 48.6 cm³/mol. The number of anilines is 1. The zero-order valence-corrected chi connectivity index (χ0v) is 7.45. The van der Waals surface area contributed by atoms with Gasteiger partial charge < -0.3 is 10.5 Å². The molecule has 0 radical (unpaired) electrons. The van der Waals surface area contributed by atoms with Gasteiger partial charge in [-0.15, -0.1) is 0 Å². The number of hydrogen-bond acceptors (Lipinski definition) is 3. The molecule has 3 nitrogen and oxygen atoms in total. The van der Waals surface area contributed by atoms with Gasteiger partial charge >= 0.3 is 0 Å². The summed E-state index contributed by atoms with van der Waals surface area (Å²) in [6, 6.07) is 5.54. The Labute approximate surface area is 72.6 Å². The van der Waals surface area contributed by atoms with Crippen LogP contribution >= 0.6 is 0 Å². The standard InChI is InChI=1S/C9H14N2O/c1-7(2)12-6-8-4-3-5-9(10)11-8/h3-5,7H,6H2,1-2H3,(H2,10,11). The summed E-state index contributed by atoms with van der Waals surface area (Å²) >= 11 is 0. The largest absolute Gasteiger partial charge is 0.384 e. The van der Waals surface area contributed by atoms with Crippen LogP contribution in [0, 0.1) is 0 Å². The maximum atomic E-state index is 5.50. The number of nitrogens with two attached hydrogens (primary N) is 1. The summed E-state index contributed by atoms with van der Waals surface area (Å²) < 4.78 is 5.36. The normalized spacial score (nSPS) is 10.6. The van der Waals surface area contributed by atoms with Crippen molar-refractivity contribution in [3.63, 3.8) is 0 Å². The van der Waals surface area contributed by atoms with Gasteiger partial charge in [-0.25, -0.2) is 4.98 Å². The zero-order valence-electron chi connectivity index (χ0n) is 7.45. The van der Waals surface area contributed by atoms with Gasteiger partial charge in [0.1, 0.15) is 5.82 Å². The lowest BCUT2D eigenvalue weighted by atomic mass is 10.3. The highest BCUT2D eigenvalue weighted by molar-refractivity contribution is 5.28. The highest BCUT2D eigenvalue weighted by Gasteiger charge is 1.97. The van der Waals surface area contributed by atoms with E-state index in [4.69, 9.17) is 10.5 Å². The Kier molecular flexibility index (Phi) is 3.05. The van der Waals surface area contributed by atoms with E-state index < -0.39 is 0 Å². The van der Waals surface area contributed by atoms with Gasteiger partial charge in [0.15, 0.2) is 0 Å². The number of aromatic nitrogens is 1. The van der Waals surface area contributed by atoms with Crippen LogP contribution in [0.25, 0.3) is 0 Å². The summed E-state index contributed by atoms with van der Waals surface area (Å²) in [4.78, 5) is 4.10. The summed E-state index contributed by atoms with van der Waals surface area (Å²) in [5, 5.41) is 0. The Morgan fingerprint density at radius 2 is 2.25 bits per heavy atom. The third-order valence-corrected chi connectivity index (χ3v) is 1.39. The molecule has 1 rings (SSSR count). The van der Waals surface area contributed by atoms with E-state index in [2.05, 4.69) is 4.98 Å². The first-order valence-electron chi connectivity index (χ1n) is 4.01. The number of nitrogens with zero attached hydrogens (tertiary/aromatic N) is 1. The maximum absolute atomic E-state index is 5.50. The van der Waals surface area contributed by atoms with Gasteiger partial charge in [-0.2, -0.15) is 0 Å². The van der Waals surface area contributed by atoms with Gasteiger partial charge in [-0.3, -0.25) is 0 Å². The molecular weight excluding hydrogens is 152 g/mol. The molecule has 0 unspecified atom stereocenters. The number of nitrogen functional groups attached to an aromatic ring is 1. The van der Waals surface area contributed by atoms with Crippen LogP contribution in [-0.4, -0.2) is 11.1 Å². The summed E-state index contributed by atoms with van der Waals surface area (Å²) in [6.45, 7) is 4.52. The molecule has 0 aliphatic heterocycles. The lowest BCUT2D eigenvalue weighted by molar-refractivity contribution is 0.0637. The molecular formula is C9H14N2O. The van der Waals surface area contributed by atoms with Crippen molar-refractivity contribution < 1.29 is 4.74 Å². The first-order valence-corrected chi connectivity index (χ1v) is 4.01. The van der Waals surface area contributed by atoms with E-state index >= 15 is 0 Å². The van der Waals surface area contributed by atoms with E-state index in [9.17, 15) is 0 Å². The number of ether oxygens (including phenoxy) is 1. The van der Waals surface area contributed by atoms with Crippen LogP contribution in [-0.2, 0) is 11.3 Å². The van der Waals surface area contributed by atoms with E-state index in [1.807, 2.05) is 26.0 Å². The molecule has 3 heteroatoms. The molecule has 0 amide bonds. The summed E-state index contributed by atoms with van der Waals surface area (Å²) in [6.07, 6.45) is 0.230. The smallest absolute Gasteiger partial charge is 0.123 e. The molecule has 1 heterocycles. The minimum absolute atomic E-state index is 0.230. The fraction of sp³-hybridized carbons (Fsp3) is 0.444. The fourth-order valence-corrected chi connectivity index (χ4v) is 0.831. The van der Waals surface area contributed by atoms with Crippen molar-refractivity contribution in [2.45, 2.75) is 26.6 Å². The van der Waals surface area contributed by atoms with Crippen LogP contribution in [0.5, 0.6) is 0 Å². The Bertz CT molecular complexity index is 248. The third kappa shape index (κ3) is 2.88. The van der Waals surface area contributed by atoms with Crippen molar-refractivity contribution >= 4 is 5.82 Å². The Hall–Kier alpha value is -1.09. The SMILES string of the molecule is CC(C)OCc1cccc(N)n1. The molecule has 12 heavy (non-hydrogen) atoms. The quantitative estimate of drug-likeness (QED) is 0.741. The molecule has 0 aliphatic rings. The van der Waals surface area contributed by atoms with Crippen molar-refractivity contribution in [1.82, 2.24) is 4.98 Å². The molecule has 1 aromatic rings. The highest BCUT2D eigenvalue weighted by atomic mass is 16.5. The van der Waals surface area contributed by atoms with E-state index in [1.165, 1.54) is 0 Å². The third-order valence-electron chi connectivity index (χ3n) is 1.39. The van der Waals surface area contributed by atoms with Crippen LogP contribution in [0.1, 0.15) is 19.5 Å². The monoisotopic (exact) mass is 166 g/mol. The summed E-state index contributed by atoms with van der Waals surface area (Å²) in [5.41, 5.74) is 6.38. The molecule has 0 bridgehead atoms. The average Bonchev–Trinajstić information content (AvgIpc) is 2.01. The molecule has 0 spiro atoms. The summed E-state index contributed by atoms with van der Waals surface area (Å²) in [7, 11) is 0. The molecule has 0 saturated heterocycles. The van der Waals surface area contributed by atoms with Gasteiger partial charge in [-0.1, -0.05) is 6.07 Å². The van der Waals surface area contributed by atoms with Crippen LogP contribution in [0.15, 0.2) is 18.2 Å². The number of pyridine rings is 1. The highest BCUT2D eigenvalue weighted by Crippen LogP contribution is 2.03. The fourth-order valence-electron chi connectivity index (χ4n) is 0.831. The van der Waals surface area contributed by atoms with Gasteiger partial charge in [0.25, 0.3) is 0 Å². The van der Waals surface area contributed by atoms with Gasteiger partial charge in [0.05, 0.1) is 18.4 Å². The Balaban J connectivity index is 2.52. The van der Waals surface area contributed by atoms with E-state index in [0.717, 1.165) is 5.69 Å². The first-order chi connectivity index (χ1) is 5.68. The second kappa shape index (κ2) is 4.07. The second-order valence-electron chi connectivity index (χ2n) is 2.91. The number of hydrogen-bond donors (Lipinski definition) is 1. The Morgan fingerprint density at radius 3 is 2.83 bits per heavy atom. The molecule has 0 atom stereocenters. The molecule has 0 aliphatic carbocycles. The van der Waals surface area contributed by atoms with Crippen molar-refractivity contribution in [3.05, 3.63) is 23.9 Å². The first kappa shape index (κ1) is 9.00. The van der Waals surface area contributed by atoms with Gasteiger partial charge in [-0.05, 0) is 26.0 Å². The molecule has 1 aromatic heterocycles. The molecule has 66 valence electrons. The van der Waals surface area contributed by atoms with E-state index in [-0.39, 0.29) is 6.10 Å². The minimum atomic E-state index is 0.230. The Morgan fingerprint density at radius 1 is 1.50 bits per heavy atom. The topological polar surface area (TPSA) is 48.1 Å². The van der Waals surface area contributed by atoms with Crippen LogP contribution in [0.3, 0.4) is 0 Å². The van der Waals surface area contributed by atoms with Crippen LogP contribution < -0.4 is 5.73 Å². The summed E-state index contributed by atoms with van der Waals surface area (Å²) in [5.74, 6) is 0.542. The van der Waals surface area contributed by atoms with Gasteiger partial charge in [0, 0.05) is 0 Å². The molecule has 0 saturated carbocycles. The predicted octanol–water partition coefficient (Wildman–Crippen LogP) is 1.59. The van der Waals surface area contributed by atoms with Crippen molar-refractivity contribution in [2.24, 2.45) is 0 Å². The van der Waals surface area contributed by atoms with E-state index in [1.54, 1.807) is 6.07 Å². The van der Waals surface area contributed by atoms with Crippen molar-refractivity contribution in [2.75, 3.05) is 5.73 Å². The minimum Gasteiger partial charge on any atom is -0.384 e. The lowest BCUT2D eigenvalue weighted by Crippen LogP contribution is -2.04. The second-order valence-corrected chi connectivity index (χ2v) is 2.91. The zero-order chi connectivity index (χ0) is 8.97. The molecule has 0 fully saturated rings. The van der Waals surface area contributed by atoms with E-state index in [0.29, 0.717) is 12.4 Å².